The van der Waals surface area contributed by atoms with Crippen LogP contribution in [0.3, 0.4) is 0 Å². The van der Waals surface area contributed by atoms with Crippen LogP contribution >= 0.6 is 0 Å². The van der Waals surface area contributed by atoms with Crippen LogP contribution < -0.4 is 14.8 Å². The van der Waals surface area contributed by atoms with Gasteiger partial charge in [0.25, 0.3) is 0 Å². The van der Waals surface area contributed by atoms with Crippen molar-refractivity contribution < 1.29 is 14.3 Å². The number of hydrogen-bond acceptors (Lipinski definition) is 4. The van der Waals surface area contributed by atoms with Crippen molar-refractivity contribution in [2.45, 2.75) is 39.3 Å². The molecule has 1 atom stereocenters. The zero-order valence-corrected chi connectivity index (χ0v) is 11.0. The van der Waals surface area contributed by atoms with E-state index in [-0.39, 0.29) is 24.7 Å². The Morgan fingerprint density at radius 2 is 2.06 bits per heavy atom. The summed E-state index contributed by atoms with van der Waals surface area (Å²) < 4.78 is 10.5. The van der Waals surface area contributed by atoms with Crippen LogP contribution in [0.15, 0.2) is 18.2 Å². The van der Waals surface area contributed by atoms with Gasteiger partial charge in [0.15, 0.2) is 17.3 Å². The maximum absolute atomic E-state index is 12.4. The third-order valence-electron chi connectivity index (χ3n) is 2.92. The lowest BCUT2D eigenvalue weighted by atomic mass is 10.0. The minimum absolute atomic E-state index is 0.101. The van der Waals surface area contributed by atoms with Crippen molar-refractivity contribution in [3.05, 3.63) is 23.8 Å². The van der Waals surface area contributed by atoms with E-state index in [1.54, 1.807) is 18.2 Å². The summed E-state index contributed by atoms with van der Waals surface area (Å²) in [6.07, 6.45) is 0.769. The van der Waals surface area contributed by atoms with E-state index in [4.69, 9.17) is 9.47 Å². The summed E-state index contributed by atoms with van der Waals surface area (Å²) in [4.78, 5) is 12.4. The summed E-state index contributed by atoms with van der Waals surface area (Å²) in [6, 6.07) is 5.48. The molecule has 0 aromatic heterocycles. The number of benzene rings is 1. The molecule has 0 saturated heterocycles. The van der Waals surface area contributed by atoms with Crippen LogP contribution in [-0.2, 0) is 0 Å². The van der Waals surface area contributed by atoms with Gasteiger partial charge in [-0.1, -0.05) is 20.8 Å². The van der Waals surface area contributed by atoms with E-state index in [1.807, 2.05) is 20.8 Å². The quantitative estimate of drug-likeness (QED) is 0.814. The molecule has 0 saturated carbocycles. The van der Waals surface area contributed by atoms with Gasteiger partial charge in [-0.15, -0.1) is 0 Å². The number of Topliss-reactive ketones (excluding diaryl/α,β-unsaturated/α-hetero) is 1. The van der Waals surface area contributed by atoms with Crippen LogP contribution in [0.5, 0.6) is 11.5 Å². The number of hydrogen-bond donors (Lipinski definition) is 1. The molecular formula is C14H19NO3. The van der Waals surface area contributed by atoms with Gasteiger partial charge >= 0.3 is 0 Å². The van der Waals surface area contributed by atoms with E-state index >= 15 is 0 Å². The average Bonchev–Trinajstić information content (AvgIpc) is 2.81. The van der Waals surface area contributed by atoms with Gasteiger partial charge in [-0.3, -0.25) is 4.79 Å². The van der Waals surface area contributed by atoms with Crippen LogP contribution in [0.4, 0.5) is 0 Å². The molecule has 2 rings (SSSR count). The molecule has 1 unspecified atom stereocenters. The topological polar surface area (TPSA) is 47.6 Å². The lowest BCUT2D eigenvalue weighted by molar-refractivity contribution is 0.0935. The molecule has 1 aromatic rings. The predicted molar refractivity (Wildman–Crippen MR) is 69.2 cm³/mol. The van der Waals surface area contributed by atoms with E-state index < -0.39 is 0 Å². The summed E-state index contributed by atoms with van der Waals surface area (Å²) in [5.74, 6) is 1.46. The molecule has 18 heavy (non-hydrogen) atoms. The smallest absolute Gasteiger partial charge is 0.231 e. The Hall–Kier alpha value is -1.55. The van der Waals surface area contributed by atoms with Gasteiger partial charge in [-0.05, 0) is 24.6 Å². The first-order valence-corrected chi connectivity index (χ1v) is 6.31. The number of rotatable bonds is 5. The standard InChI is InChI=1S/C14H19NO3/c1-4-11(15-9(2)3)14(16)10-5-6-12-13(7-10)18-8-17-12/h5-7,9,11,15H,4,8H2,1-3H3. The van der Waals surface area contributed by atoms with Gasteiger partial charge in [0.1, 0.15) is 0 Å². The van der Waals surface area contributed by atoms with Crippen LogP contribution in [0, 0.1) is 0 Å². The largest absolute Gasteiger partial charge is 0.454 e. The highest BCUT2D eigenvalue weighted by Crippen LogP contribution is 2.32. The number of nitrogens with one attached hydrogen (secondary N) is 1. The van der Waals surface area contributed by atoms with Gasteiger partial charge in [-0.25, -0.2) is 0 Å². The van der Waals surface area contributed by atoms with E-state index in [9.17, 15) is 4.79 Å². The minimum Gasteiger partial charge on any atom is -0.454 e. The molecule has 0 fully saturated rings. The van der Waals surface area contributed by atoms with Gasteiger partial charge in [0, 0.05) is 11.6 Å². The van der Waals surface area contributed by atoms with Gasteiger partial charge in [-0.2, -0.15) is 0 Å². The van der Waals surface area contributed by atoms with E-state index in [0.29, 0.717) is 17.1 Å². The van der Waals surface area contributed by atoms with Crippen LogP contribution in [0.2, 0.25) is 0 Å². The summed E-state index contributed by atoms with van der Waals surface area (Å²) in [5.41, 5.74) is 0.666. The molecule has 1 aliphatic rings. The van der Waals surface area contributed by atoms with Crippen molar-refractivity contribution in [1.82, 2.24) is 5.32 Å². The molecule has 4 heteroatoms. The Balaban J connectivity index is 2.17. The van der Waals surface area contributed by atoms with Crippen LogP contribution in [-0.4, -0.2) is 24.7 Å². The van der Waals surface area contributed by atoms with Gasteiger partial charge < -0.3 is 14.8 Å². The SMILES string of the molecule is CCC(NC(C)C)C(=O)c1ccc2c(c1)OCO2. The number of fused-ring (bicyclic) bond motifs is 1. The Labute approximate surface area is 107 Å². The molecule has 0 radical (unpaired) electrons. The Morgan fingerprint density at radius 1 is 1.33 bits per heavy atom. The fourth-order valence-electron chi connectivity index (χ4n) is 2.03. The van der Waals surface area contributed by atoms with Gasteiger partial charge in [0.05, 0.1) is 6.04 Å². The molecule has 4 nitrogen and oxygen atoms in total. The first-order chi connectivity index (χ1) is 8.61. The first-order valence-electron chi connectivity index (χ1n) is 6.31. The third-order valence-corrected chi connectivity index (χ3v) is 2.92. The molecule has 0 spiro atoms. The molecule has 1 N–H and O–H groups in total. The summed E-state index contributed by atoms with van der Waals surface area (Å²) in [6.45, 7) is 6.31. The summed E-state index contributed by atoms with van der Waals surface area (Å²) in [5, 5.41) is 3.27. The van der Waals surface area contributed by atoms with Gasteiger partial charge in [0.2, 0.25) is 6.79 Å². The van der Waals surface area contributed by atoms with Crippen molar-refractivity contribution in [3.8, 4) is 11.5 Å². The lowest BCUT2D eigenvalue weighted by Crippen LogP contribution is -2.40. The number of carbonyl (C=O) groups is 1. The normalized spacial score (nSPS) is 14.9. The lowest BCUT2D eigenvalue weighted by Gasteiger charge is -2.18. The highest BCUT2D eigenvalue weighted by molar-refractivity contribution is 6.00. The second-order valence-corrected chi connectivity index (χ2v) is 4.71. The molecule has 1 aromatic carbocycles. The third kappa shape index (κ3) is 2.64. The van der Waals surface area contributed by atoms with Crippen molar-refractivity contribution in [2.24, 2.45) is 0 Å². The first kappa shape index (κ1) is 12.9. The molecular weight excluding hydrogens is 230 g/mol. The summed E-state index contributed by atoms with van der Waals surface area (Å²) >= 11 is 0. The molecule has 1 heterocycles. The maximum atomic E-state index is 12.4. The average molecular weight is 249 g/mol. The Kier molecular flexibility index (Phi) is 3.87. The molecule has 0 aliphatic carbocycles. The van der Waals surface area contributed by atoms with E-state index in [2.05, 4.69) is 5.32 Å². The number of ketones is 1. The van der Waals surface area contributed by atoms with Crippen LogP contribution in [0.25, 0.3) is 0 Å². The highest BCUT2D eigenvalue weighted by atomic mass is 16.7. The highest BCUT2D eigenvalue weighted by Gasteiger charge is 2.21. The minimum atomic E-state index is -0.148. The predicted octanol–water partition coefficient (Wildman–Crippen LogP) is 2.37. The zero-order chi connectivity index (χ0) is 13.1. The Morgan fingerprint density at radius 3 is 2.72 bits per heavy atom. The summed E-state index contributed by atoms with van der Waals surface area (Å²) in [7, 11) is 0. The molecule has 1 aliphatic heterocycles. The van der Waals surface area contributed by atoms with Crippen molar-refractivity contribution in [1.29, 1.82) is 0 Å². The Bertz CT molecular complexity index is 443. The van der Waals surface area contributed by atoms with Crippen LogP contribution in [0.1, 0.15) is 37.6 Å². The van der Waals surface area contributed by atoms with E-state index in [1.165, 1.54) is 0 Å². The molecule has 98 valence electrons. The van der Waals surface area contributed by atoms with Crippen molar-refractivity contribution in [3.63, 3.8) is 0 Å². The maximum Gasteiger partial charge on any atom is 0.231 e. The number of ether oxygens (including phenoxy) is 2. The van der Waals surface area contributed by atoms with Crippen molar-refractivity contribution >= 4 is 5.78 Å². The molecule has 0 amide bonds. The van der Waals surface area contributed by atoms with E-state index in [0.717, 1.165) is 6.42 Å². The zero-order valence-electron chi connectivity index (χ0n) is 11.0. The molecule has 0 bridgehead atoms. The fraction of sp³-hybridized carbons (Fsp3) is 0.500. The fourth-order valence-corrected chi connectivity index (χ4v) is 2.03. The second-order valence-electron chi connectivity index (χ2n) is 4.71. The number of carbonyl (C=O) groups excluding carboxylic acids is 1. The van der Waals surface area contributed by atoms with Crippen molar-refractivity contribution in [2.75, 3.05) is 6.79 Å². The monoisotopic (exact) mass is 249 g/mol. The second kappa shape index (κ2) is 5.40.